The van der Waals surface area contributed by atoms with Gasteiger partial charge in [-0.1, -0.05) is 36.4 Å². The molecule has 0 bridgehead atoms. The van der Waals surface area contributed by atoms with E-state index >= 15 is 0 Å². The van der Waals surface area contributed by atoms with Crippen LogP contribution in [0.2, 0.25) is 0 Å². The Morgan fingerprint density at radius 3 is 2.51 bits per heavy atom. The lowest BCUT2D eigenvalue weighted by molar-refractivity contribution is -0.141. The molecule has 18 heteroatoms. The molecule has 4 heterocycles. The van der Waals surface area contributed by atoms with E-state index in [0.717, 1.165) is 39.4 Å². The van der Waals surface area contributed by atoms with Crippen molar-refractivity contribution in [1.29, 1.82) is 0 Å². The van der Waals surface area contributed by atoms with E-state index in [1.165, 1.54) is 19.5 Å². The Bertz CT molecular complexity index is 2530. The van der Waals surface area contributed by atoms with E-state index in [1.807, 2.05) is 54.4 Å². The molecule has 3 aromatic heterocycles. The average molecular weight is 798 g/mol. The molecule has 302 valence electrons. The van der Waals surface area contributed by atoms with Crippen molar-refractivity contribution in [2.45, 2.75) is 25.4 Å². The van der Waals surface area contributed by atoms with Gasteiger partial charge >= 0.3 is 5.97 Å². The number of hydrogen-bond donors (Lipinski definition) is 4. The molecule has 0 spiro atoms. The summed E-state index contributed by atoms with van der Waals surface area (Å²) in [5.74, 6) is 1.40. The number of piperazine rings is 1. The minimum Gasteiger partial charge on any atom is -0.497 e. The number of benzene rings is 3. The zero-order valence-electron chi connectivity index (χ0n) is 32.8. The van der Waals surface area contributed by atoms with Crippen LogP contribution in [0.5, 0.6) is 5.75 Å². The minimum absolute atomic E-state index is 0.105. The Morgan fingerprint density at radius 1 is 0.966 bits per heavy atom. The lowest BCUT2D eigenvalue weighted by Gasteiger charge is -2.34. The first-order valence-corrected chi connectivity index (χ1v) is 18.9. The molecule has 1 fully saturated rings. The molecule has 3 aromatic carbocycles. The van der Waals surface area contributed by atoms with Crippen LogP contribution in [0.15, 0.2) is 83.9 Å². The molecule has 1 aliphatic heterocycles. The number of imidazole rings is 1. The van der Waals surface area contributed by atoms with Gasteiger partial charge in [0, 0.05) is 83.3 Å². The predicted octanol–water partition coefficient (Wildman–Crippen LogP) is 3.97. The molecule has 1 atom stereocenters. The number of amides is 1. The van der Waals surface area contributed by atoms with Crippen molar-refractivity contribution in [3.63, 3.8) is 0 Å². The molecule has 18 nitrogen and oxygen atoms in total. The molecule has 1 amide bonds. The number of anilines is 4. The molecule has 0 radical (unpaired) electrons. The van der Waals surface area contributed by atoms with Crippen molar-refractivity contribution in [1.82, 2.24) is 44.7 Å². The number of fused-ring (bicyclic) bond motifs is 1. The van der Waals surface area contributed by atoms with Gasteiger partial charge in [-0.05, 0) is 35.4 Å². The first-order chi connectivity index (χ1) is 28.7. The molecule has 4 N–H and O–H groups in total. The Labute approximate surface area is 339 Å². The van der Waals surface area contributed by atoms with Crippen LogP contribution in [0.25, 0.3) is 15.9 Å². The Kier molecular flexibility index (Phi) is 12.3. The number of hydrogen-bond acceptors (Lipinski definition) is 14. The molecule has 7 rings (SSSR count). The highest BCUT2D eigenvalue weighted by Crippen LogP contribution is 2.23. The van der Waals surface area contributed by atoms with Crippen LogP contribution in [-0.2, 0) is 28.9 Å². The number of carbonyl (C=O) groups is 2. The smallest absolute Gasteiger partial charge is 0.328 e. The third-order valence-electron chi connectivity index (χ3n) is 9.84. The summed E-state index contributed by atoms with van der Waals surface area (Å²) in [6, 6.07) is 19.7. The number of rotatable bonds is 15. The van der Waals surface area contributed by atoms with Gasteiger partial charge in [0.1, 0.15) is 17.6 Å². The van der Waals surface area contributed by atoms with Crippen LogP contribution in [-0.4, -0.2) is 117 Å². The van der Waals surface area contributed by atoms with E-state index in [1.54, 1.807) is 36.3 Å². The van der Waals surface area contributed by atoms with Gasteiger partial charge in [0.2, 0.25) is 17.8 Å². The molecule has 0 unspecified atom stereocenters. The lowest BCUT2D eigenvalue weighted by Crippen LogP contribution is -2.49. The second kappa shape index (κ2) is 18.3. The van der Waals surface area contributed by atoms with E-state index in [4.69, 9.17) is 31.0 Å². The Balaban J connectivity index is 1.08. The van der Waals surface area contributed by atoms with E-state index in [-0.39, 0.29) is 29.9 Å². The number of carbonyl (C=O) groups excluding carboxylic acids is 2. The number of ether oxygens (including phenoxy) is 2. The maximum atomic E-state index is 13.1. The summed E-state index contributed by atoms with van der Waals surface area (Å²) in [6.45, 7) is 10.6. The molecule has 6 aromatic rings. The van der Waals surface area contributed by atoms with Gasteiger partial charge in [-0.3, -0.25) is 14.5 Å². The maximum Gasteiger partial charge on any atom is 0.328 e. The number of aromatic nitrogens is 7. The summed E-state index contributed by atoms with van der Waals surface area (Å²) in [6.07, 6.45) is 3.62. The quantitative estimate of drug-likeness (QED) is 0.0859. The molecule has 1 saturated heterocycles. The lowest BCUT2D eigenvalue weighted by atomic mass is 10.1. The van der Waals surface area contributed by atoms with E-state index in [2.05, 4.69) is 40.3 Å². The molecular formula is C41H43N13O5. The summed E-state index contributed by atoms with van der Waals surface area (Å²) < 4.78 is 10.5. The number of likely N-dealkylation sites (N-methyl/N-ethyl adjacent to an activating group) is 1. The van der Waals surface area contributed by atoms with Crippen molar-refractivity contribution in [2.24, 2.45) is 0 Å². The number of methoxy groups -OCH3 is 2. The van der Waals surface area contributed by atoms with Gasteiger partial charge in [0.15, 0.2) is 11.4 Å². The van der Waals surface area contributed by atoms with Gasteiger partial charge in [-0.2, -0.15) is 15.0 Å². The number of H-pyrrole nitrogens is 2. The SMILES string of the molecule is [C-]#[N+]c1ccc(C[C@H](Nc2nc(Nc3cccc(CN4CCN(C(=O)c5ncc[nH]c5=O)CC4)c3)nc(N(C)CCc3nc4ccc(OC)cc4[nH]3)n2)C(=O)OC)cc1. The Hall–Kier alpha value is -7.39. The van der Waals surface area contributed by atoms with Gasteiger partial charge < -0.3 is 39.9 Å². The third kappa shape index (κ3) is 9.95. The maximum absolute atomic E-state index is 13.1. The van der Waals surface area contributed by atoms with Gasteiger partial charge in [-0.25, -0.2) is 19.6 Å². The standard InChI is InChI=1S/C41H43N13O5/c1-42-28-10-8-26(9-11-28)23-33(38(57)59-4)48-40-49-39(50-41(51-40)52(2)17-14-34-46-31-13-12-30(58-3)24-32(31)47-34)45-29-7-5-6-27(22-29)25-53-18-20-54(21-19-53)37(56)35-36(55)44-16-15-43-35/h5-13,15-16,22,24,33H,14,17-21,23,25H2,2-4H3,(H,44,55)(H,46,47)(H2,45,48,49,50,51)/t33-/m0/s1. The summed E-state index contributed by atoms with van der Waals surface area (Å²) in [5.41, 5.74) is 4.18. The van der Waals surface area contributed by atoms with E-state index < -0.39 is 17.6 Å². The highest BCUT2D eigenvalue weighted by Gasteiger charge is 2.26. The zero-order valence-corrected chi connectivity index (χ0v) is 32.8. The summed E-state index contributed by atoms with van der Waals surface area (Å²) in [5, 5.41) is 6.50. The van der Waals surface area contributed by atoms with Crippen molar-refractivity contribution in [3.8, 4) is 5.75 Å². The summed E-state index contributed by atoms with van der Waals surface area (Å²) >= 11 is 0. The number of aromatic amines is 2. The van der Waals surface area contributed by atoms with Crippen LogP contribution in [0.3, 0.4) is 0 Å². The topological polar surface area (TPSA) is 204 Å². The van der Waals surface area contributed by atoms with Gasteiger partial charge in [-0.15, -0.1) is 0 Å². The highest BCUT2D eigenvalue weighted by molar-refractivity contribution is 5.92. The van der Waals surface area contributed by atoms with Crippen molar-refractivity contribution in [2.75, 3.05) is 69.5 Å². The van der Waals surface area contributed by atoms with Crippen molar-refractivity contribution >= 4 is 52.1 Å². The molecule has 59 heavy (non-hydrogen) atoms. The fourth-order valence-electron chi connectivity index (χ4n) is 6.65. The molecular weight excluding hydrogens is 755 g/mol. The summed E-state index contributed by atoms with van der Waals surface area (Å²) in [4.78, 5) is 76.0. The second-order valence-electron chi connectivity index (χ2n) is 13.9. The van der Waals surface area contributed by atoms with Gasteiger partial charge in [0.25, 0.3) is 11.5 Å². The monoisotopic (exact) mass is 797 g/mol. The molecule has 0 saturated carbocycles. The van der Waals surface area contributed by atoms with Crippen LogP contribution < -0.4 is 25.8 Å². The third-order valence-corrected chi connectivity index (χ3v) is 9.84. The van der Waals surface area contributed by atoms with Crippen LogP contribution in [0.4, 0.5) is 29.2 Å². The Morgan fingerprint density at radius 2 is 1.76 bits per heavy atom. The number of esters is 1. The first-order valence-electron chi connectivity index (χ1n) is 18.9. The number of nitrogens with one attached hydrogen (secondary N) is 4. The fraction of sp³-hybridized carbons (Fsp3) is 0.293. The normalized spacial score (nSPS) is 13.4. The van der Waals surface area contributed by atoms with Crippen molar-refractivity contribution in [3.05, 3.63) is 124 Å². The first kappa shape index (κ1) is 39.8. The van der Waals surface area contributed by atoms with E-state index in [0.29, 0.717) is 57.3 Å². The fourth-order valence-corrected chi connectivity index (χ4v) is 6.65. The highest BCUT2D eigenvalue weighted by atomic mass is 16.5. The van der Waals surface area contributed by atoms with Crippen LogP contribution in [0.1, 0.15) is 27.4 Å². The average Bonchev–Trinajstić information content (AvgIpc) is 3.68. The van der Waals surface area contributed by atoms with Gasteiger partial charge in [0.05, 0.1) is 31.8 Å². The zero-order chi connectivity index (χ0) is 41.3. The van der Waals surface area contributed by atoms with Crippen LogP contribution in [0, 0.1) is 6.57 Å². The molecule has 0 aliphatic carbocycles. The number of nitrogens with zero attached hydrogens (tertiary/aromatic N) is 9. The van der Waals surface area contributed by atoms with Crippen molar-refractivity contribution < 1.29 is 19.1 Å². The largest absolute Gasteiger partial charge is 0.497 e. The summed E-state index contributed by atoms with van der Waals surface area (Å²) in [7, 11) is 4.82. The predicted molar refractivity (Wildman–Crippen MR) is 221 cm³/mol. The second-order valence-corrected chi connectivity index (χ2v) is 13.9. The minimum atomic E-state index is -0.844. The van der Waals surface area contributed by atoms with Crippen LogP contribution >= 0.6 is 0 Å². The molecule has 1 aliphatic rings. The van der Waals surface area contributed by atoms with E-state index in [9.17, 15) is 14.4 Å².